The van der Waals surface area contributed by atoms with Crippen molar-refractivity contribution in [3.63, 3.8) is 0 Å². The Balaban J connectivity index is 2.35. The zero-order valence-electron chi connectivity index (χ0n) is 8.72. The van der Waals surface area contributed by atoms with Gasteiger partial charge in [-0.3, -0.25) is 4.79 Å². The molecule has 0 saturated carbocycles. The fourth-order valence-corrected chi connectivity index (χ4v) is 2.52. The molecule has 1 aliphatic heterocycles. The van der Waals surface area contributed by atoms with E-state index in [9.17, 15) is 13.2 Å². The predicted molar refractivity (Wildman–Crippen MR) is 61.4 cm³/mol. The fraction of sp³-hybridized carbons (Fsp3) is 0.300. The van der Waals surface area contributed by atoms with E-state index in [-0.39, 0.29) is 4.90 Å². The number of hydrogen-bond acceptors (Lipinski definition) is 4. The van der Waals surface area contributed by atoms with Gasteiger partial charge in [-0.2, -0.15) is 0 Å². The Labute approximate surface area is 103 Å². The maximum Gasteiger partial charge on any atom is 0.261 e. The van der Waals surface area contributed by atoms with Gasteiger partial charge in [0.05, 0.1) is 4.90 Å². The van der Waals surface area contributed by atoms with Gasteiger partial charge < -0.3 is 10.5 Å². The molecule has 1 atom stereocenters. The lowest BCUT2D eigenvalue weighted by atomic mass is 10.0. The Hall–Kier alpha value is -1.27. The number of ether oxygens (including phenoxy) is 1. The van der Waals surface area contributed by atoms with Gasteiger partial charge >= 0.3 is 0 Å². The summed E-state index contributed by atoms with van der Waals surface area (Å²) in [5.74, 6) is -0.0474. The molecule has 0 bridgehead atoms. The van der Waals surface area contributed by atoms with Crippen molar-refractivity contribution >= 4 is 25.6 Å². The van der Waals surface area contributed by atoms with E-state index in [0.29, 0.717) is 24.2 Å². The third-order valence-corrected chi connectivity index (χ3v) is 3.93. The van der Waals surface area contributed by atoms with Crippen LogP contribution in [0.5, 0.6) is 5.75 Å². The van der Waals surface area contributed by atoms with Gasteiger partial charge in [0.25, 0.3) is 15.0 Å². The molecule has 0 spiro atoms. The molecule has 5 nitrogen and oxygen atoms in total. The zero-order chi connectivity index (χ0) is 12.6. The highest BCUT2D eigenvalue weighted by molar-refractivity contribution is 8.13. The van der Waals surface area contributed by atoms with Gasteiger partial charge in [0.1, 0.15) is 5.75 Å². The minimum Gasteiger partial charge on any atom is -0.480 e. The van der Waals surface area contributed by atoms with Gasteiger partial charge in [0.2, 0.25) is 0 Å². The first-order chi connectivity index (χ1) is 7.88. The SMILES string of the molecule is NC(=O)C1CCc2cc(S(=O)(=O)Cl)ccc2O1. The van der Waals surface area contributed by atoms with Crippen LogP contribution in [0.25, 0.3) is 0 Å². The van der Waals surface area contributed by atoms with Crippen molar-refractivity contribution < 1.29 is 17.9 Å². The van der Waals surface area contributed by atoms with E-state index in [4.69, 9.17) is 21.2 Å². The molecule has 2 rings (SSSR count). The maximum absolute atomic E-state index is 11.1. The number of aryl methyl sites for hydroxylation is 1. The fourth-order valence-electron chi connectivity index (χ4n) is 1.72. The Morgan fingerprint density at radius 3 is 2.76 bits per heavy atom. The van der Waals surface area contributed by atoms with Gasteiger partial charge in [-0.05, 0) is 36.6 Å². The second-order valence-corrected chi connectivity index (χ2v) is 6.32. The molecule has 0 radical (unpaired) electrons. The summed E-state index contributed by atoms with van der Waals surface area (Å²) in [5.41, 5.74) is 5.85. The lowest BCUT2D eigenvalue weighted by molar-refractivity contribution is -0.125. The zero-order valence-corrected chi connectivity index (χ0v) is 10.3. The number of halogens is 1. The van der Waals surface area contributed by atoms with E-state index < -0.39 is 21.1 Å². The summed E-state index contributed by atoms with van der Waals surface area (Å²) in [6.07, 6.45) is 0.318. The molecule has 1 heterocycles. The molecule has 1 amide bonds. The van der Waals surface area contributed by atoms with Gasteiger partial charge in [0, 0.05) is 10.7 Å². The molecule has 7 heteroatoms. The quantitative estimate of drug-likeness (QED) is 0.809. The van der Waals surface area contributed by atoms with Gasteiger partial charge in [-0.1, -0.05) is 0 Å². The topological polar surface area (TPSA) is 86.5 Å². The minimum atomic E-state index is -3.74. The van der Waals surface area contributed by atoms with Crippen LogP contribution in [0.15, 0.2) is 23.1 Å². The van der Waals surface area contributed by atoms with E-state index in [0.717, 1.165) is 0 Å². The summed E-state index contributed by atoms with van der Waals surface area (Å²) < 4.78 is 27.6. The van der Waals surface area contributed by atoms with E-state index in [1.165, 1.54) is 18.2 Å². The molecule has 1 unspecified atom stereocenters. The highest BCUT2D eigenvalue weighted by Crippen LogP contribution is 2.30. The van der Waals surface area contributed by atoms with E-state index in [2.05, 4.69) is 0 Å². The molecule has 17 heavy (non-hydrogen) atoms. The van der Waals surface area contributed by atoms with Crippen LogP contribution in [0.1, 0.15) is 12.0 Å². The van der Waals surface area contributed by atoms with E-state index in [1.54, 1.807) is 0 Å². The summed E-state index contributed by atoms with van der Waals surface area (Å²) in [4.78, 5) is 11.0. The van der Waals surface area contributed by atoms with Crippen LogP contribution in [0.2, 0.25) is 0 Å². The van der Waals surface area contributed by atoms with Crippen LogP contribution in [-0.4, -0.2) is 20.4 Å². The number of amides is 1. The number of rotatable bonds is 2. The molecule has 1 aromatic rings. The smallest absolute Gasteiger partial charge is 0.261 e. The average Bonchev–Trinajstić information content (AvgIpc) is 2.26. The van der Waals surface area contributed by atoms with Crippen LogP contribution in [0.4, 0.5) is 0 Å². The number of hydrogen-bond donors (Lipinski definition) is 1. The Kier molecular flexibility index (Phi) is 3.01. The Morgan fingerprint density at radius 2 is 2.18 bits per heavy atom. The van der Waals surface area contributed by atoms with Gasteiger partial charge in [0.15, 0.2) is 6.10 Å². The molecule has 1 aliphatic rings. The van der Waals surface area contributed by atoms with Gasteiger partial charge in [-0.15, -0.1) is 0 Å². The summed E-state index contributed by atoms with van der Waals surface area (Å²) in [5, 5.41) is 0. The molecule has 0 fully saturated rings. The molecular formula is C10H10ClNO4S. The van der Waals surface area contributed by atoms with Crippen molar-refractivity contribution in [2.75, 3.05) is 0 Å². The van der Waals surface area contributed by atoms with Crippen LogP contribution in [0.3, 0.4) is 0 Å². The number of primary amides is 1. The Bertz CT molecular complexity index is 570. The van der Waals surface area contributed by atoms with Crippen LogP contribution in [-0.2, 0) is 20.3 Å². The summed E-state index contributed by atoms with van der Waals surface area (Å²) >= 11 is 0. The molecule has 1 aromatic carbocycles. The van der Waals surface area contributed by atoms with Crippen molar-refractivity contribution in [2.45, 2.75) is 23.8 Å². The Morgan fingerprint density at radius 1 is 1.47 bits per heavy atom. The third-order valence-electron chi connectivity index (χ3n) is 2.58. The molecular weight excluding hydrogens is 266 g/mol. The molecule has 92 valence electrons. The number of nitrogens with two attached hydrogens (primary N) is 1. The van der Waals surface area contributed by atoms with Crippen molar-refractivity contribution in [2.24, 2.45) is 5.73 Å². The summed E-state index contributed by atoms with van der Waals surface area (Å²) in [7, 11) is 1.50. The molecule has 0 aromatic heterocycles. The number of fused-ring (bicyclic) bond motifs is 1. The van der Waals surface area contributed by atoms with Crippen molar-refractivity contribution in [3.05, 3.63) is 23.8 Å². The maximum atomic E-state index is 11.1. The lowest BCUT2D eigenvalue weighted by Crippen LogP contribution is -2.36. The van der Waals surface area contributed by atoms with Crippen LogP contribution >= 0.6 is 10.7 Å². The van der Waals surface area contributed by atoms with Gasteiger partial charge in [-0.25, -0.2) is 8.42 Å². The first-order valence-corrected chi connectivity index (χ1v) is 7.22. The summed E-state index contributed by atoms with van der Waals surface area (Å²) in [6.45, 7) is 0. The van der Waals surface area contributed by atoms with E-state index >= 15 is 0 Å². The van der Waals surface area contributed by atoms with E-state index in [1.807, 2.05) is 0 Å². The predicted octanol–water partition coefficient (Wildman–Crippen LogP) is 0.793. The molecule has 0 saturated heterocycles. The normalized spacial score (nSPS) is 19.2. The monoisotopic (exact) mass is 275 g/mol. The largest absolute Gasteiger partial charge is 0.480 e. The van der Waals surface area contributed by atoms with Crippen LogP contribution in [0, 0.1) is 0 Å². The highest BCUT2D eigenvalue weighted by atomic mass is 35.7. The van der Waals surface area contributed by atoms with Crippen molar-refractivity contribution in [1.82, 2.24) is 0 Å². The second-order valence-electron chi connectivity index (χ2n) is 3.75. The van der Waals surface area contributed by atoms with Crippen molar-refractivity contribution in [3.8, 4) is 5.75 Å². The highest BCUT2D eigenvalue weighted by Gasteiger charge is 2.25. The van der Waals surface area contributed by atoms with Crippen molar-refractivity contribution in [1.29, 1.82) is 0 Å². The number of carbonyl (C=O) groups is 1. The number of carbonyl (C=O) groups excluding carboxylic acids is 1. The standard InChI is InChI=1S/C10H10ClNO4S/c11-17(14,15)7-2-4-8-6(5-7)1-3-9(16-8)10(12)13/h2,4-5,9H,1,3H2,(H2,12,13). The average molecular weight is 276 g/mol. The minimum absolute atomic E-state index is 0.0269. The first-order valence-electron chi connectivity index (χ1n) is 4.91. The summed E-state index contributed by atoms with van der Waals surface area (Å²) in [6, 6.07) is 4.28. The lowest BCUT2D eigenvalue weighted by Gasteiger charge is -2.23. The molecule has 2 N–H and O–H groups in total. The third kappa shape index (κ3) is 2.53. The molecule has 0 aliphatic carbocycles. The van der Waals surface area contributed by atoms with Crippen LogP contribution < -0.4 is 10.5 Å². The first kappa shape index (κ1) is 12.2. The number of benzene rings is 1. The second kappa shape index (κ2) is 4.19.